The van der Waals surface area contributed by atoms with Crippen molar-refractivity contribution in [3.63, 3.8) is 0 Å². The van der Waals surface area contributed by atoms with Crippen LogP contribution in [0.4, 0.5) is 4.39 Å². The molecule has 19 heavy (non-hydrogen) atoms. The van der Waals surface area contributed by atoms with Crippen LogP contribution in [0.25, 0.3) is 0 Å². The molecule has 1 N–H and O–H groups in total. The van der Waals surface area contributed by atoms with E-state index in [0.29, 0.717) is 17.5 Å². The highest BCUT2D eigenvalue weighted by Crippen LogP contribution is 2.25. The van der Waals surface area contributed by atoms with Crippen LogP contribution >= 0.6 is 11.8 Å². The molecule has 100 valence electrons. The van der Waals surface area contributed by atoms with Crippen molar-refractivity contribution in [3.05, 3.63) is 41.8 Å². The summed E-state index contributed by atoms with van der Waals surface area (Å²) in [4.78, 5) is 5.24. The third-order valence-electron chi connectivity index (χ3n) is 3.01. The molecule has 0 aliphatic carbocycles. The fourth-order valence-electron chi connectivity index (χ4n) is 2.07. The topological polar surface area (TPSA) is 51.0 Å². The van der Waals surface area contributed by atoms with Crippen LogP contribution in [0.1, 0.15) is 30.6 Å². The predicted molar refractivity (Wildman–Crippen MR) is 70.2 cm³/mol. The Bertz CT molecular complexity index is 554. The first-order valence-corrected chi connectivity index (χ1v) is 7.24. The van der Waals surface area contributed by atoms with E-state index in [-0.39, 0.29) is 11.9 Å². The maximum absolute atomic E-state index is 13.0. The Morgan fingerprint density at radius 1 is 1.47 bits per heavy atom. The maximum Gasteiger partial charge on any atom is 0.243 e. The Morgan fingerprint density at radius 3 is 3.21 bits per heavy atom. The van der Waals surface area contributed by atoms with Crippen molar-refractivity contribution >= 4 is 11.8 Å². The molecule has 0 bridgehead atoms. The van der Waals surface area contributed by atoms with Gasteiger partial charge in [-0.2, -0.15) is 4.98 Å². The fraction of sp³-hybridized carbons (Fsp3) is 0.385. The van der Waals surface area contributed by atoms with Gasteiger partial charge in [0.05, 0.1) is 11.8 Å². The average Bonchev–Trinajstić information content (AvgIpc) is 3.07. The van der Waals surface area contributed by atoms with Gasteiger partial charge in [-0.3, -0.25) is 0 Å². The normalized spacial score (nSPS) is 18.9. The highest BCUT2D eigenvalue weighted by molar-refractivity contribution is 7.98. The third-order valence-corrected chi connectivity index (χ3v) is 4.00. The molecular weight excluding hydrogens is 265 g/mol. The molecule has 0 radical (unpaired) electrons. The Hall–Kier alpha value is -1.40. The minimum atomic E-state index is -0.228. The summed E-state index contributed by atoms with van der Waals surface area (Å²) in [5, 5.41) is 7.27. The van der Waals surface area contributed by atoms with Crippen molar-refractivity contribution in [2.75, 3.05) is 6.54 Å². The van der Waals surface area contributed by atoms with Crippen molar-refractivity contribution in [2.24, 2.45) is 0 Å². The summed E-state index contributed by atoms with van der Waals surface area (Å²) in [6.45, 7) is 1.00. The molecule has 1 fully saturated rings. The van der Waals surface area contributed by atoms with Crippen LogP contribution in [0.3, 0.4) is 0 Å². The third kappa shape index (κ3) is 3.13. The zero-order valence-corrected chi connectivity index (χ0v) is 11.1. The monoisotopic (exact) mass is 279 g/mol. The summed E-state index contributed by atoms with van der Waals surface area (Å²) < 4.78 is 18.3. The molecule has 1 saturated heterocycles. The van der Waals surface area contributed by atoms with Crippen LogP contribution in [0.5, 0.6) is 0 Å². The molecule has 1 aliphatic heterocycles. The number of nitrogens with zero attached hydrogens (tertiary/aromatic N) is 2. The van der Waals surface area contributed by atoms with Gasteiger partial charge in [0.1, 0.15) is 5.82 Å². The molecule has 0 unspecified atom stereocenters. The first-order chi connectivity index (χ1) is 9.31. The van der Waals surface area contributed by atoms with Crippen molar-refractivity contribution < 1.29 is 8.91 Å². The Kier molecular flexibility index (Phi) is 3.79. The van der Waals surface area contributed by atoms with Gasteiger partial charge in [-0.25, -0.2) is 4.39 Å². The largest absolute Gasteiger partial charge is 0.338 e. The Balaban J connectivity index is 1.61. The molecule has 4 nitrogen and oxygen atoms in total. The van der Waals surface area contributed by atoms with Gasteiger partial charge >= 0.3 is 0 Å². The number of thioether (sulfide) groups is 1. The van der Waals surface area contributed by atoms with E-state index in [1.54, 1.807) is 6.07 Å². The molecule has 0 saturated carbocycles. The van der Waals surface area contributed by atoms with Crippen molar-refractivity contribution in [2.45, 2.75) is 29.5 Å². The van der Waals surface area contributed by atoms with Gasteiger partial charge in [0.25, 0.3) is 0 Å². The van der Waals surface area contributed by atoms with Gasteiger partial charge in [-0.15, -0.1) is 11.8 Å². The van der Waals surface area contributed by atoms with Gasteiger partial charge in [0, 0.05) is 4.90 Å². The van der Waals surface area contributed by atoms with Crippen molar-refractivity contribution in [1.82, 2.24) is 15.5 Å². The molecule has 3 rings (SSSR count). The Labute approximate surface area is 114 Å². The lowest BCUT2D eigenvalue weighted by atomic mass is 10.2. The SMILES string of the molecule is Fc1cccc(SCc2noc([C@@H]3CCCN3)n2)c1. The Morgan fingerprint density at radius 2 is 2.42 bits per heavy atom. The summed E-state index contributed by atoms with van der Waals surface area (Å²) in [6.07, 6.45) is 2.18. The van der Waals surface area contributed by atoms with Gasteiger partial charge in [-0.1, -0.05) is 11.2 Å². The summed E-state index contributed by atoms with van der Waals surface area (Å²) >= 11 is 1.50. The van der Waals surface area contributed by atoms with Gasteiger partial charge in [-0.05, 0) is 37.6 Å². The minimum Gasteiger partial charge on any atom is -0.338 e. The second kappa shape index (κ2) is 5.71. The molecule has 2 aromatic rings. The number of aromatic nitrogens is 2. The first kappa shape index (κ1) is 12.6. The van der Waals surface area contributed by atoms with E-state index in [0.717, 1.165) is 24.3 Å². The number of hydrogen-bond donors (Lipinski definition) is 1. The van der Waals surface area contributed by atoms with Gasteiger partial charge in [0.2, 0.25) is 5.89 Å². The van der Waals surface area contributed by atoms with E-state index in [4.69, 9.17) is 4.52 Å². The van der Waals surface area contributed by atoms with Crippen LogP contribution in [0, 0.1) is 5.82 Å². The number of benzene rings is 1. The van der Waals surface area contributed by atoms with Crippen LogP contribution in [0.2, 0.25) is 0 Å². The van der Waals surface area contributed by atoms with Gasteiger partial charge < -0.3 is 9.84 Å². The van der Waals surface area contributed by atoms with E-state index in [1.165, 1.54) is 23.9 Å². The van der Waals surface area contributed by atoms with E-state index >= 15 is 0 Å². The number of nitrogens with one attached hydrogen (secondary N) is 1. The standard InChI is InChI=1S/C13H14FN3OS/c14-9-3-1-4-10(7-9)19-8-12-16-13(18-17-12)11-5-2-6-15-11/h1,3-4,7,11,15H,2,5-6,8H2/t11-/m0/s1. The molecule has 1 aromatic carbocycles. The lowest BCUT2D eigenvalue weighted by Crippen LogP contribution is -2.13. The predicted octanol–water partition coefficient (Wildman–Crippen LogP) is 2.93. The fourth-order valence-corrected chi connectivity index (χ4v) is 2.85. The van der Waals surface area contributed by atoms with Crippen LogP contribution < -0.4 is 5.32 Å². The molecule has 2 heterocycles. The summed E-state index contributed by atoms with van der Waals surface area (Å²) in [7, 11) is 0. The van der Waals surface area contributed by atoms with Crippen LogP contribution in [-0.4, -0.2) is 16.7 Å². The van der Waals surface area contributed by atoms with Crippen LogP contribution in [-0.2, 0) is 5.75 Å². The molecule has 1 aliphatic rings. The van der Waals surface area contributed by atoms with Gasteiger partial charge in [0.15, 0.2) is 5.82 Å². The molecule has 6 heteroatoms. The zero-order valence-electron chi connectivity index (χ0n) is 10.3. The molecule has 1 atom stereocenters. The first-order valence-electron chi connectivity index (χ1n) is 6.25. The molecular formula is C13H14FN3OS. The number of hydrogen-bond acceptors (Lipinski definition) is 5. The second-order valence-electron chi connectivity index (χ2n) is 4.44. The highest BCUT2D eigenvalue weighted by atomic mass is 32.2. The summed E-state index contributed by atoms with van der Waals surface area (Å²) in [5.41, 5.74) is 0. The lowest BCUT2D eigenvalue weighted by Gasteiger charge is -2.01. The summed E-state index contributed by atoms with van der Waals surface area (Å²) in [5.74, 6) is 1.67. The number of rotatable bonds is 4. The second-order valence-corrected chi connectivity index (χ2v) is 5.49. The highest BCUT2D eigenvalue weighted by Gasteiger charge is 2.22. The van der Waals surface area contributed by atoms with E-state index < -0.39 is 0 Å². The van der Waals surface area contributed by atoms with Crippen molar-refractivity contribution in [3.8, 4) is 0 Å². The average molecular weight is 279 g/mol. The smallest absolute Gasteiger partial charge is 0.243 e. The molecule has 1 aromatic heterocycles. The lowest BCUT2D eigenvalue weighted by molar-refractivity contribution is 0.342. The summed E-state index contributed by atoms with van der Waals surface area (Å²) in [6, 6.07) is 6.70. The molecule has 0 spiro atoms. The van der Waals surface area contributed by atoms with E-state index in [9.17, 15) is 4.39 Å². The van der Waals surface area contributed by atoms with Crippen LogP contribution in [0.15, 0.2) is 33.7 Å². The van der Waals surface area contributed by atoms with E-state index in [2.05, 4.69) is 15.5 Å². The minimum absolute atomic E-state index is 0.195. The van der Waals surface area contributed by atoms with E-state index in [1.807, 2.05) is 6.07 Å². The zero-order chi connectivity index (χ0) is 13.1. The molecule has 0 amide bonds. The quantitative estimate of drug-likeness (QED) is 0.872. The maximum atomic E-state index is 13.0. The number of halogens is 1. The van der Waals surface area contributed by atoms with Crippen molar-refractivity contribution in [1.29, 1.82) is 0 Å².